The number of benzene rings is 1. The van der Waals surface area contributed by atoms with Gasteiger partial charge < -0.3 is 5.32 Å². The lowest BCUT2D eigenvalue weighted by molar-refractivity contribution is 0.288. The van der Waals surface area contributed by atoms with Gasteiger partial charge in [0.2, 0.25) is 10.0 Å². The molecule has 1 aromatic carbocycles. The number of rotatable bonds is 2. The number of nitrogens with one attached hydrogen (secondary N) is 1. The van der Waals surface area contributed by atoms with Crippen molar-refractivity contribution in [2.75, 3.05) is 13.1 Å². The van der Waals surface area contributed by atoms with Crippen LogP contribution in [0.3, 0.4) is 0 Å². The normalized spacial score (nSPS) is 21.5. The van der Waals surface area contributed by atoms with Gasteiger partial charge in [-0.2, -0.15) is 4.31 Å². The highest BCUT2D eigenvalue weighted by atomic mass is 32.2. The van der Waals surface area contributed by atoms with Crippen molar-refractivity contribution >= 4 is 10.0 Å². The summed E-state index contributed by atoms with van der Waals surface area (Å²) in [6.07, 6.45) is 1.93. The second-order valence-corrected chi connectivity index (χ2v) is 7.56. The van der Waals surface area contributed by atoms with Gasteiger partial charge in [-0.3, -0.25) is 0 Å². The van der Waals surface area contributed by atoms with Gasteiger partial charge >= 0.3 is 0 Å². The van der Waals surface area contributed by atoms with Crippen LogP contribution in [0.1, 0.15) is 30.9 Å². The largest absolute Gasteiger partial charge is 0.309 e. The van der Waals surface area contributed by atoms with Crippen LogP contribution >= 0.6 is 0 Å². The first-order chi connectivity index (χ1) is 9.07. The van der Waals surface area contributed by atoms with Crippen LogP contribution in [-0.4, -0.2) is 25.8 Å². The maximum absolute atomic E-state index is 12.6. The van der Waals surface area contributed by atoms with E-state index < -0.39 is 10.0 Å². The van der Waals surface area contributed by atoms with E-state index in [0.717, 1.165) is 31.5 Å². The molecule has 2 heterocycles. The lowest BCUT2D eigenvalue weighted by Crippen LogP contribution is -2.37. The van der Waals surface area contributed by atoms with E-state index in [-0.39, 0.29) is 0 Å². The molecule has 19 heavy (non-hydrogen) atoms. The number of nitrogens with zero attached hydrogens (tertiary/aromatic N) is 1. The van der Waals surface area contributed by atoms with Crippen molar-refractivity contribution in [2.24, 2.45) is 5.92 Å². The van der Waals surface area contributed by atoms with Gasteiger partial charge in [-0.25, -0.2) is 8.42 Å². The van der Waals surface area contributed by atoms with Crippen molar-refractivity contribution in [3.05, 3.63) is 29.3 Å². The average Bonchev–Trinajstić information content (AvgIpc) is 2.86. The maximum atomic E-state index is 12.6. The second kappa shape index (κ2) is 4.89. The molecule has 0 unspecified atom stereocenters. The first-order valence-electron chi connectivity index (χ1n) is 6.90. The molecule has 0 atom stereocenters. The van der Waals surface area contributed by atoms with Crippen molar-refractivity contribution < 1.29 is 8.42 Å². The molecule has 3 rings (SSSR count). The molecule has 1 fully saturated rings. The predicted molar refractivity (Wildman–Crippen MR) is 74.1 cm³/mol. The molecule has 1 N–H and O–H groups in total. The Hall–Kier alpha value is -0.910. The highest BCUT2D eigenvalue weighted by Crippen LogP contribution is 2.26. The van der Waals surface area contributed by atoms with Gasteiger partial charge in [0.15, 0.2) is 0 Å². The van der Waals surface area contributed by atoms with Crippen LogP contribution in [-0.2, 0) is 23.1 Å². The number of sulfonamides is 1. The lowest BCUT2D eigenvalue weighted by Gasteiger charge is -2.29. The number of fused-ring (bicyclic) bond motifs is 1. The smallest absolute Gasteiger partial charge is 0.243 e. The summed E-state index contributed by atoms with van der Waals surface area (Å²) in [5.41, 5.74) is 2.33. The van der Waals surface area contributed by atoms with Crippen molar-refractivity contribution in [1.82, 2.24) is 9.62 Å². The molecule has 0 bridgehead atoms. The average molecular weight is 280 g/mol. The van der Waals surface area contributed by atoms with Crippen molar-refractivity contribution in [1.29, 1.82) is 0 Å². The molecule has 5 heteroatoms. The molecule has 4 nitrogen and oxygen atoms in total. The fourth-order valence-corrected chi connectivity index (χ4v) is 4.33. The Morgan fingerprint density at radius 3 is 2.58 bits per heavy atom. The monoisotopic (exact) mass is 280 g/mol. The first kappa shape index (κ1) is 13.1. The molecule has 0 radical (unpaired) electrons. The summed E-state index contributed by atoms with van der Waals surface area (Å²) in [7, 11) is -3.30. The number of hydrogen-bond acceptors (Lipinski definition) is 3. The van der Waals surface area contributed by atoms with Crippen LogP contribution in [0.25, 0.3) is 0 Å². The Balaban J connectivity index is 1.88. The summed E-state index contributed by atoms with van der Waals surface area (Å²) in [6, 6.07) is 5.52. The van der Waals surface area contributed by atoms with E-state index in [1.165, 1.54) is 5.56 Å². The standard InChI is InChI=1S/C14H20N2O2S/c1-11-4-6-16(7-5-11)19(17,18)14-3-2-12-9-15-10-13(12)8-14/h2-3,8,11,15H,4-7,9-10H2,1H3. The van der Waals surface area contributed by atoms with E-state index in [1.807, 2.05) is 12.1 Å². The molecule has 0 aliphatic carbocycles. The van der Waals surface area contributed by atoms with E-state index >= 15 is 0 Å². The Labute approximate surface area is 114 Å². The minimum Gasteiger partial charge on any atom is -0.309 e. The predicted octanol–water partition coefficient (Wildman–Crippen LogP) is 1.71. The van der Waals surface area contributed by atoms with Gasteiger partial charge in [-0.1, -0.05) is 13.0 Å². The van der Waals surface area contributed by atoms with Crippen LogP contribution in [0.15, 0.2) is 23.1 Å². The fourth-order valence-electron chi connectivity index (χ4n) is 2.81. The van der Waals surface area contributed by atoms with E-state index in [9.17, 15) is 8.42 Å². The summed E-state index contributed by atoms with van der Waals surface area (Å²) in [4.78, 5) is 0.449. The third-order valence-corrected chi connectivity index (χ3v) is 6.08. The molecule has 1 saturated heterocycles. The highest BCUT2D eigenvalue weighted by Gasteiger charge is 2.28. The SMILES string of the molecule is CC1CCN(S(=O)(=O)c2ccc3c(c2)CNC3)CC1. The fraction of sp³-hybridized carbons (Fsp3) is 0.571. The van der Waals surface area contributed by atoms with Crippen LogP contribution in [0, 0.1) is 5.92 Å². The molecular weight excluding hydrogens is 260 g/mol. The summed E-state index contributed by atoms with van der Waals surface area (Å²) in [6.45, 7) is 5.11. The zero-order valence-electron chi connectivity index (χ0n) is 11.2. The molecular formula is C14H20N2O2S. The lowest BCUT2D eigenvalue weighted by atomic mass is 10.0. The summed E-state index contributed by atoms with van der Waals surface area (Å²) in [5.74, 6) is 0.635. The molecule has 1 aromatic rings. The van der Waals surface area contributed by atoms with Crippen LogP contribution in [0.5, 0.6) is 0 Å². The van der Waals surface area contributed by atoms with E-state index in [1.54, 1.807) is 10.4 Å². The molecule has 0 amide bonds. The van der Waals surface area contributed by atoms with Crippen molar-refractivity contribution in [3.8, 4) is 0 Å². The van der Waals surface area contributed by atoms with Crippen molar-refractivity contribution in [2.45, 2.75) is 37.8 Å². The molecule has 2 aliphatic rings. The maximum Gasteiger partial charge on any atom is 0.243 e. The van der Waals surface area contributed by atoms with Crippen molar-refractivity contribution in [3.63, 3.8) is 0 Å². The molecule has 0 saturated carbocycles. The quantitative estimate of drug-likeness (QED) is 0.897. The molecule has 104 valence electrons. The van der Waals surface area contributed by atoms with Gasteiger partial charge in [-0.15, -0.1) is 0 Å². The molecule has 2 aliphatic heterocycles. The van der Waals surface area contributed by atoms with Gasteiger partial charge in [0.1, 0.15) is 0 Å². The third-order valence-electron chi connectivity index (χ3n) is 4.19. The summed E-state index contributed by atoms with van der Waals surface area (Å²) >= 11 is 0. The minimum atomic E-state index is -3.30. The zero-order valence-corrected chi connectivity index (χ0v) is 12.0. The van der Waals surface area contributed by atoms with E-state index in [4.69, 9.17) is 0 Å². The highest BCUT2D eigenvalue weighted by molar-refractivity contribution is 7.89. The first-order valence-corrected chi connectivity index (χ1v) is 8.34. The van der Waals surface area contributed by atoms with E-state index in [2.05, 4.69) is 12.2 Å². The van der Waals surface area contributed by atoms with Gasteiger partial charge in [0.25, 0.3) is 0 Å². The van der Waals surface area contributed by atoms with Gasteiger partial charge in [0.05, 0.1) is 4.90 Å². The van der Waals surface area contributed by atoms with Gasteiger partial charge in [-0.05, 0) is 42.0 Å². The Bertz CT molecular complexity index is 575. The Kier molecular flexibility index (Phi) is 3.37. The van der Waals surface area contributed by atoms with Gasteiger partial charge in [0, 0.05) is 26.2 Å². The zero-order chi connectivity index (χ0) is 13.5. The number of hydrogen-bond donors (Lipinski definition) is 1. The third kappa shape index (κ3) is 2.42. The molecule has 0 aromatic heterocycles. The topological polar surface area (TPSA) is 49.4 Å². The van der Waals surface area contributed by atoms with Crippen LogP contribution < -0.4 is 5.32 Å². The number of piperidine rings is 1. The van der Waals surface area contributed by atoms with E-state index in [0.29, 0.717) is 23.9 Å². The Morgan fingerprint density at radius 1 is 1.16 bits per heavy atom. The second-order valence-electron chi connectivity index (χ2n) is 5.62. The molecule has 0 spiro atoms. The van der Waals surface area contributed by atoms with Crippen LogP contribution in [0.4, 0.5) is 0 Å². The van der Waals surface area contributed by atoms with Crippen LogP contribution in [0.2, 0.25) is 0 Å². The Morgan fingerprint density at radius 2 is 1.84 bits per heavy atom. The minimum absolute atomic E-state index is 0.449. The summed E-state index contributed by atoms with van der Waals surface area (Å²) in [5, 5.41) is 3.24. The summed E-state index contributed by atoms with van der Waals surface area (Å²) < 4.78 is 26.8.